The molecule has 4 aromatic carbocycles. The van der Waals surface area contributed by atoms with E-state index in [0.717, 1.165) is 10.5 Å². The Kier molecular flexibility index (Phi) is 6.19. The van der Waals surface area contributed by atoms with Crippen molar-refractivity contribution in [1.29, 1.82) is 0 Å². The van der Waals surface area contributed by atoms with Gasteiger partial charge < -0.3 is 10.1 Å². The van der Waals surface area contributed by atoms with E-state index in [1.807, 2.05) is 78.9 Å². The Morgan fingerprint density at radius 2 is 1.21 bits per heavy atom. The minimum atomic E-state index is -1.32. The van der Waals surface area contributed by atoms with Gasteiger partial charge in [0.2, 0.25) is 17.7 Å². The molecule has 42 heavy (non-hydrogen) atoms. The Morgan fingerprint density at radius 1 is 0.762 bits per heavy atom. The number of likely N-dealkylation sites (tertiary alicyclic amines) is 1. The van der Waals surface area contributed by atoms with Crippen molar-refractivity contribution < 1.29 is 19.1 Å². The molecule has 8 heteroatoms. The van der Waals surface area contributed by atoms with Gasteiger partial charge in [0.05, 0.1) is 18.9 Å². The second-order valence-electron chi connectivity index (χ2n) is 10.9. The maximum Gasteiger partial charge on any atom is 0.248 e. The summed E-state index contributed by atoms with van der Waals surface area (Å²) in [4.78, 5) is 41.5. The molecular formula is C34H26Cl2N2O4. The van der Waals surface area contributed by atoms with E-state index < -0.39 is 45.3 Å². The molecule has 0 aromatic heterocycles. The lowest BCUT2D eigenvalue weighted by atomic mass is 9.54. The van der Waals surface area contributed by atoms with Crippen LogP contribution in [0.1, 0.15) is 27.8 Å². The molecule has 1 aliphatic heterocycles. The molecular weight excluding hydrogens is 571 g/mol. The fourth-order valence-corrected chi connectivity index (χ4v) is 8.13. The molecule has 0 radical (unpaired) electrons. The van der Waals surface area contributed by atoms with Crippen LogP contribution in [0.15, 0.2) is 103 Å². The average Bonchev–Trinajstić information content (AvgIpc) is 3.30. The standard InChI is InChI=1S/C34H26Cl2N2O4/c1-42-22-17-15-21(16-18-22)37-30(39)27(19-20-9-3-2-4-10-20)38-31(40)28-29(32(38)41)34(36)24-12-6-5-11-23(24)33(28,35)25-13-7-8-14-26(25)34/h2-18,27-29H,19H2,1H3,(H,37,39)/t27-,28-,29+,33?,34?/m0/s1. The number of hydrogen-bond donors (Lipinski definition) is 1. The van der Waals surface area contributed by atoms with E-state index in [4.69, 9.17) is 27.9 Å². The zero-order valence-corrected chi connectivity index (χ0v) is 24.1. The molecule has 4 aromatic rings. The fraction of sp³-hybridized carbons (Fsp3) is 0.206. The largest absolute Gasteiger partial charge is 0.497 e. The van der Waals surface area contributed by atoms with Crippen molar-refractivity contribution in [3.8, 4) is 5.75 Å². The lowest BCUT2D eigenvalue weighted by Crippen LogP contribution is -2.57. The van der Waals surface area contributed by atoms with Crippen LogP contribution in [0.4, 0.5) is 5.69 Å². The molecule has 6 nitrogen and oxygen atoms in total. The van der Waals surface area contributed by atoms with E-state index in [1.165, 1.54) is 0 Å². The lowest BCUT2D eigenvalue weighted by molar-refractivity contribution is -0.146. The number of rotatable bonds is 6. The van der Waals surface area contributed by atoms with Crippen LogP contribution in [-0.2, 0) is 30.6 Å². The maximum atomic E-state index is 14.5. The molecule has 3 atom stereocenters. The van der Waals surface area contributed by atoms with E-state index in [9.17, 15) is 14.4 Å². The normalized spacial score (nSPS) is 25.8. The topological polar surface area (TPSA) is 75.7 Å². The Hall–Kier alpha value is -4.13. The number of imide groups is 1. The van der Waals surface area contributed by atoms with Gasteiger partial charge in [0.15, 0.2) is 0 Å². The number of halogens is 2. The van der Waals surface area contributed by atoms with E-state index in [0.29, 0.717) is 33.7 Å². The maximum absolute atomic E-state index is 14.5. The number of alkyl halides is 2. The van der Waals surface area contributed by atoms with Gasteiger partial charge in [0, 0.05) is 12.1 Å². The highest BCUT2D eigenvalue weighted by Crippen LogP contribution is 2.69. The SMILES string of the molecule is COc1ccc(NC(=O)[C@H](Cc2ccccc2)N2C(=O)[C@@H]3[C@H](C2=O)C2(Cl)c4ccccc4C3(Cl)c3ccccc32)cc1. The van der Waals surface area contributed by atoms with Crippen LogP contribution in [0.3, 0.4) is 0 Å². The van der Waals surface area contributed by atoms with Crippen LogP contribution in [0.5, 0.6) is 5.75 Å². The first-order valence-electron chi connectivity index (χ1n) is 13.7. The summed E-state index contributed by atoms with van der Waals surface area (Å²) in [5, 5.41) is 2.90. The van der Waals surface area contributed by atoms with Crippen molar-refractivity contribution in [2.45, 2.75) is 22.2 Å². The molecule has 1 N–H and O–H groups in total. The van der Waals surface area contributed by atoms with Crippen LogP contribution in [-0.4, -0.2) is 35.8 Å². The van der Waals surface area contributed by atoms with Gasteiger partial charge in [-0.3, -0.25) is 19.3 Å². The number of hydrogen-bond acceptors (Lipinski definition) is 4. The van der Waals surface area contributed by atoms with Crippen LogP contribution >= 0.6 is 23.2 Å². The first-order chi connectivity index (χ1) is 20.3. The predicted molar refractivity (Wildman–Crippen MR) is 161 cm³/mol. The number of carbonyl (C=O) groups excluding carboxylic acids is 3. The van der Waals surface area contributed by atoms with Crippen LogP contribution < -0.4 is 10.1 Å². The molecule has 1 saturated heterocycles. The van der Waals surface area contributed by atoms with Gasteiger partial charge in [0.25, 0.3) is 0 Å². The van der Waals surface area contributed by atoms with Crippen molar-refractivity contribution in [2.24, 2.45) is 11.8 Å². The van der Waals surface area contributed by atoms with E-state index >= 15 is 0 Å². The number of methoxy groups -OCH3 is 1. The number of carbonyl (C=O) groups is 3. The molecule has 0 saturated carbocycles. The zero-order valence-electron chi connectivity index (χ0n) is 22.6. The molecule has 0 unspecified atom stereocenters. The number of amides is 3. The lowest BCUT2D eigenvalue weighted by Gasteiger charge is -2.54. The minimum absolute atomic E-state index is 0.129. The van der Waals surface area contributed by atoms with Gasteiger partial charge in [0.1, 0.15) is 21.5 Å². The van der Waals surface area contributed by atoms with Crippen molar-refractivity contribution in [3.63, 3.8) is 0 Å². The number of nitrogens with zero attached hydrogens (tertiary/aromatic N) is 1. The molecule has 1 fully saturated rings. The summed E-state index contributed by atoms with van der Waals surface area (Å²) in [7, 11) is 1.56. The fourth-order valence-electron chi connectivity index (χ4n) is 7.03. The average molecular weight is 597 g/mol. The summed E-state index contributed by atoms with van der Waals surface area (Å²) >= 11 is 15.2. The molecule has 3 aliphatic carbocycles. The number of benzene rings is 4. The summed E-state index contributed by atoms with van der Waals surface area (Å²) < 4.78 is 5.23. The summed E-state index contributed by atoms with van der Waals surface area (Å²) in [6.07, 6.45) is 0.129. The number of anilines is 1. The quantitative estimate of drug-likeness (QED) is 0.224. The third kappa shape index (κ3) is 3.61. The minimum Gasteiger partial charge on any atom is -0.497 e. The van der Waals surface area contributed by atoms with Crippen molar-refractivity contribution in [3.05, 3.63) is 131 Å². The molecule has 0 spiro atoms. The summed E-state index contributed by atoms with van der Waals surface area (Å²) in [6.45, 7) is 0. The molecule has 8 rings (SSSR count). The molecule has 210 valence electrons. The molecule has 3 amide bonds. The Balaban J connectivity index is 1.34. The van der Waals surface area contributed by atoms with Crippen molar-refractivity contribution in [2.75, 3.05) is 12.4 Å². The van der Waals surface area contributed by atoms with E-state index in [2.05, 4.69) is 5.32 Å². The van der Waals surface area contributed by atoms with Crippen molar-refractivity contribution in [1.82, 2.24) is 4.90 Å². The van der Waals surface area contributed by atoms with Gasteiger partial charge in [-0.25, -0.2) is 0 Å². The molecule has 1 heterocycles. The highest BCUT2D eigenvalue weighted by atomic mass is 35.5. The second kappa shape index (κ2) is 9.72. The van der Waals surface area contributed by atoms with Crippen LogP contribution in [0.2, 0.25) is 0 Å². The van der Waals surface area contributed by atoms with Crippen molar-refractivity contribution >= 4 is 46.6 Å². The summed E-state index contributed by atoms with van der Waals surface area (Å²) in [5.41, 5.74) is 4.18. The molecule has 4 aliphatic rings. The second-order valence-corrected chi connectivity index (χ2v) is 12.1. The highest BCUT2D eigenvalue weighted by molar-refractivity contribution is 6.36. The predicted octanol–water partition coefficient (Wildman–Crippen LogP) is 5.84. The van der Waals surface area contributed by atoms with E-state index in [1.54, 1.807) is 31.4 Å². The zero-order chi connectivity index (χ0) is 29.2. The number of nitrogens with one attached hydrogen (secondary N) is 1. The third-order valence-electron chi connectivity index (χ3n) is 8.86. The smallest absolute Gasteiger partial charge is 0.248 e. The number of ether oxygens (including phenoxy) is 1. The van der Waals surface area contributed by atoms with Gasteiger partial charge in [-0.2, -0.15) is 0 Å². The van der Waals surface area contributed by atoms with Gasteiger partial charge in [-0.15, -0.1) is 23.2 Å². The first-order valence-corrected chi connectivity index (χ1v) is 14.5. The summed E-state index contributed by atoms with van der Waals surface area (Å²) in [6, 6.07) is 30.0. The van der Waals surface area contributed by atoms with Crippen LogP contribution in [0.25, 0.3) is 0 Å². The first kappa shape index (κ1) is 26.7. The van der Waals surface area contributed by atoms with Gasteiger partial charge in [-0.05, 0) is 52.1 Å². The van der Waals surface area contributed by atoms with Crippen LogP contribution in [0, 0.1) is 11.8 Å². The summed E-state index contributed by atoms with van der Waals surface area (Å²) in [5.74, 6) is -2.82. The van der Waals surface area contributed by atoms with E-state index in [-0.39, 0.29) is 6.42 Å². The Labute approximate surface area is 253 Å². The Bertz CT molecular complexity index is 1620. The van der Waals surface area contributed by atoms with Gasteiger partial charge in [-0.1, -0.05) is 78.9 Å². The van der Waals surface area contributed by atoms with Gasteiger partial charge >= 0.3 is 0 Å². The monoisotopic (exact) mass is 596 g/mol. The molecule has 2 bridgehead atoms. The third-order valence-corrected chi connectivity index (χ3v) is 10.1. The Morgan fingerprint density at radius 3 is 1.67 bits per heavy atom. The highest BCUT2D eigenvalue weighted by Gasteiger charge is 2.73.